The van der Waals surface area contributed by atoms with Crippen LogP contribution in [0, 0.1) is 0 Å². The normalized spacial score (nSPS) is 16.6. The summed E-state index contributed by atoms with van der Waals surface area (Å²) in [7, 11) is -0.354. The number of pyridine rings is 1. The summed E-state index contributed by atoms with van der Waals surface area (Å²) in [6.07, 6.45) is 6.35. The molecule has 5 nitrogen and oxygen atoms in total. The van der Waals surface area contributed by atoms with E-state index < -0.39 is 10.0 Å². The Kier molecular flexibility index (Phi) is 5.62. The maximum Gasteiger partial charge on any atom is 0.244 e. The van der Waals surface area contributed by atoms with Crippen molar-refractivity contribution in [1.29, 1.82) is 0 Å². The van der Waals surface area contributed by atoms with Crippen molar-refractivity contribution in [1.82, 2.24) is 9.29 Å². The average molecular weight is 376 g/mol. The first-order valence-electron chi connectivity index (χ1n) is 7.18. The minimum atomic E-state index is -3.41. The molecule has 1 heterocycles. The summed E-state index contributed by atoms with van der Waals surface area (Å²) in [6.45, 7) is 0.886. The van der Waals surface area contributed by atoms with Gasteiger partial charge in [0.1, 0.15) is 10.7 Å². The zero-order chi connectivity index (χ0) is 15.5. The number of anilines is 1. The Morgan fingerprint density at radius 3 is 2.43 bits per heavy atom. The molecule has 1 aliphatic carbocycles. The monoisotopic (exact) mass is 375 g/mol. The van der Waals surface area contributed by atoms with Gasteiger partial charge in [0.2, 0.25) is 10.0 Å². The number of rotatable bonds is 6. The molecule has 0 atom stereocenters. The predicted octanol–water partition coefficient (Wildman–Crippen LogP) is 2.48. The minimum absolute atomic E-state index is 0.237. The van der Waals surface area contributed by atoms with Crippen LogP contribution in [0.3, 0.4) is 0 Å². The van der Waals surface area contributed by atoms with E-state index in [2.05, 4.69) is 25.8 Å². The molecule has 0 bridgehead atoms. The number of aromatic nitrogens is 1. The fourth-order valence-electron chi connectivity index (χ4n) is 2.70. The van der Waals surface area contributed by atoms with Crippen molar-refractivity contribution in [2.75, 3.05) is 30.9 Å². The molecule has 1 aliphatic rings. The van der Waals surface area contributed by atoms with Crippen LogP contribution in [0.15, 0.2) is 23.2 Å². The molecule has 21 heavy (non-hydrogen) atoms. The van der Waals surface area contributed by atoms with E-state index in [-0.39, 0.29) is 4.90 Å². The number of nitrogens with zero attached hydrogens (tertiary/aromatic N) is 3. The number of hydrogen-bond donors (Lipinski definition) is 0. The number of alkyl halides is 1. The fraction of sp³-hybridized carbons (Fsp3) is 0.643. The Morgan fingerprint density at radius 1 is 1.29 bits per heavy atom. The van der Waals surface area contributed by atoms with Crippen molar-refractivity contribution in [3.63, 3.8) is 0 Å². The first-order valence-corrected chi connectivity index (χ1v) is 9.74. The van der Waals surface area contributed by atoms with Gasteiger partial charge in [-0.2, -0.15) is 0 Å². The first-order chi connectivity index (χ1) is 9.96. The Hall–Kier alpha value is -0.660. The Bertz CT molecular complexity index is 554. The van der Waals surface area contributed by atoms with E-state index >= 15 is 0 Å². The third-order valence-electron chi connectivity index (χ3n) is 3.88. The standard InChI is InChI=1S/C14H22BrN3O2S/c1-17(2)21(19,20)13-7-8-14(16-11-13)18(10-9-15)12-5-3-4-6-12/h7-8,11-12H,3-6,9-10H2,1-2H3. The fourth-order valence-corrected chi connectivity index (χ4v) is 3.93. The molecule has 0 aliphatic heterocycles. The van der Waals surface area contributed by atoms with Gasteiger partial charge >= 0.3 is 0 Å². The van der Waals surface area contributed by atoms with Crippen LogP contribution < -0.4 is 4.90 Å². The SMILES string of the molecule is CN(C)S(=O)(=O)c1ccc(N(CCBr)C2CCCC2)nc1. The lowest BCUT2D eigenvalue weighted by atomic mass is 10.2. The van der Waals surface area contributed by atoms with Gasteiger partial charge in [-0.3, -0.25) is 0 Å². The summed E-state index contributed by atoms with van der Waals surface area (Å²) in [6, 6.07) is 3.98. The van der Waals surface area contributed by atoms with Crippen LogP contribution in [-0.4, -0.2) is 49.7 Å². The van der Waals surface area contributed by atoms with Crippen LogP contribution in [0.1, 0.15) is 25.7 Å². The highest BCUT2D eigenvalue weighted by Gasteiger charge is 2.24. The zero-order valence-electron chi connectivity index (χ0n) is 12.5. The highest BCUT2D eigenvalue weighted by atomic mass is 79.9. The van der Waals surface area contributed by atoms with E-state index in [4.69, 9.17) is 0 Å². The van der Waals surface area contributed by atoms with Gasteiger partial charge in [-0.25, -0.2) is 17.7 Å². The molecule has 0 amide bonds. The van der Waals surface area contributed by atoms with Crippen LogP contribution in [-0.2, 0) is 10.0 Å². The van der Waals surface area contributed by atoms with Crippen LogP contribution >= 0.6 is 15.9 Å². The second-order valence-electron chi connectivity index (χ2n) is 5.46. The van der Waals surface area contributed by atoms with Gasteiger partial charge in [0.05, 0.1) is 0 Å². The van der Waals surface area contributed by atoms with Gasteiger partial charge < -0.3 is 4.90 Å². The van der Waals surface area contributed by atoms with Gasteiger partial charge in [-0.1, -0.05) is 28.8 Å². The highest BCUT2D eigenvalue weighted by Crippen LogP contribution is 2.27. The molecular weight excluding hydrogens is 354 g/mol. The molecule has 1 saturated carbocycles. The summed E-state index contributed by atoms with van der Waals surface area (Å²) < 4.78 is 25.3. The summed E-state index contributed by atoms with van der Waals surface area (Å²) >= 11 is 3.49. The largest absolute Gasteiger partial charge is 0.353 e. The Morgan fingerprint density at radius 2 is 1.95 bits per heavy atom. The van der Waals surface area contributed by atoms with E-state index in [0.29, 0.717) is 6.04 Å². The molecule has 0 aromatic carbocycles. The van der Waals surface area contributed by atoms with Crippen molar-refractivity contribution >= 4 is 31.8 Å². The average Bonchev–Trinajstić information content (AvgIpc) is 2.98. The van der Waals surface area contributed by atoms with E-state index in [9.17, 15) is 8.42 Å². The van der Waals surface area contributed by atoms with E-state index in [0.717, 1.165) is 17.7 Å². The molecule has 2 rings (SSSR count). The van der Waals surface area contributed by atoms with Crippen molar-refractivity contribution in [2.45, 2.75) is 36.6 Å². The molecule has 0 saturated heterocycles. The molecule has 0 spiro atoms. The van der Waals surface area contributed by atoms with Gasteiger partial charge in [-0.05, 0) is 25.0 Å². The van der Waals surface area contributed by atoms with Gasteiger partial charge in [0.15, 0.2) is 0 Å². The summed E-state index contributed by atoms with van der Waals surface area (Å²) in [5.41, 5.74) is 0. The molecule has 0 N–H and O–H groups in total. The molecule has 1 fully saturated rings. The topological polar surface area (TPSA) is 53.5 Å². The number of halogens is 1. The van der Waals surface area contributed by atoms with Crippen molar-refractivity contribution in [3.05, 3.63) is 18.3 Å². The second-order valence-corrected chi connectivity index (χ2v) is 8.41. The lowest BCUT2D eigenvalue weighted by molar-refractivity contribution is 0.520. The smallest absolute Gasteiger partial charge is 0.244 e. The second kappa shape index (κ2) is 7.07. The highest BCUT2D eigenvalue weighted by molar-refractivity contribution is 9.09. The molecule has 1 aromatic rings. The van der Waals surface area contributed by atoms with Gasteiger partial charge in [-0.15, -0.1) is 0 Å². The number of sulfonamides is 1. The zero-order valence-corrected chi connectivity index (χ0v) is 14.9. The lowest BCUT2D eigenvalue weighted by Crippen LogP contribution is -2.35. The van der Waals surface area contributed by atoms with E-state index in [1.807, 2.05) is 6.07 Å². The van der Waals surface area contributed by atoms with Crippen LogP contribution in [0.4, 0.5) is 5.82 Å². The summed E-state index contributed by atoms with van der Waals surface area (Å²) in [5.74, 6) is 0.860. The van der Waals surface area contributed by atoms with Crippen molar-refractivity contribution in [2.24, 2.45) is 0 Å². The van der Waals surface area contributed by atoms with Crippen LogP contribution in [0.2, 0.25) is 0 Å². The number of hydrogen-bond acceptors (Lipinski definition) is 4. The quantitative estimate of drug-likeness (QED) is 0.716. The van der Waals surface area contributed by atoms with Gasteiger partial charge in [0, 0.05) is 38.2 Å². The molecule has 1 aromatic heterocycles. The first kappa shape index (κ1) is 16.7. The van der Waals surface area contributed by atoms with E-state index in [1.165, 1.54) is 50.3 Å². The van der Waals surface area contributed by atoms with Crippen molar-refractivity contribution < 1.29 is 8.42 Å². The molecular formula is C14H22BrN3O2S. The van der Waals surface area contributed by atoms with Gasteiger partial charge in [0.25, 0.3) is 0 Å². The van der Waals surface area contributed by atoms with E-state index in [1.54, 1.807) is 6.07 Å². The summed E-state index contributed by atoms with van der Waals surface area (Å²) in [5, 5.41) is 0.878. The molecule has 7 heteroatoms. The minimum Gasteiger partial charge on any atom is -0.353 e. The maximum absolute atomic E-state index is 12.1. The third kappa shape index (κ3) is 3.76. The lowest BCUT2D eigenvalue weighted by Gasteiger charge is -2.29. The van der Waals surface area contributed by atoms with Crippen molar-refractivity contribution in [3.8, 4) is 0 Å². The molecule has 0 radical (unpaired) electrons. The Labute approximate surface area is 135 Å². The maximum atomic E-state index is 12.1. The van der Waals surface area contributed by atoms with Crippen LogP contribution in [0.5, 0.6) is 0 Å². The Balaban J connectivity index is 2.23. The predicted molar refractivity (Wildman–Crippen MR) is 88.5 cm³/mol. The molecule has 118 valence electrons. The summed E-state index contributed by atoms with van der Waals surface area (Å²) in [4.78, 5) is 6.91. The molecule has 0 unspecified atom stereocenters. The van der Waals surface area contributed by atoms with Crippen LogP contribution in [0.25, 0.3) is 0 Å². The third-order valence-corrected chi connectivity index (χ3v) is 6.04.